The molecular formula is C19H23N3. The highest BCUT2D eigenvalue weighted by Crippen LogP contribution is 2.31. The van der Waals surface area contributed by atoms with Crippen molar-refractivity contribution < 1.29 is 0 Å². The molecule has 1 N–H and O–H groups in total. The van der Waals surface area contributed by atoms with Gasteiger partial charge in [0, 0.05) is 19.2 Å². The van der Waals surface area contributed by atoms with Gasteiger partial charge in [0.1, 0.15) is 0 Å². The summed E-state index contributed by atoms with van der Waals surface area (Å²) >= 11 is 0. The Labute approximate surface area is 132 Å². The maximum absolute atomic E-state index is 4.77. The van der Waals surface area contributed by atoms with Crippen molar-refractivity contribution in [3.63, 3.8) is 0 Å². The predicted molar refractivity (Wildman–Crippen MR) is 93.7 cm³/mol. The van der Waals surface area contributed by atoms with E-state index in [1.54, 1.807) is 0 Å². The molecule has 3 nitrogen and oxygen atoms in total. The molecule has 2 aliphatic rings. The minimum absolute atomic E-state index is 0.230. The molecule has 3 heteroatoms. The van der Waals surface area contributed by atoms with Crippen molar-refractivity contribution in [3.8, 4) is 0 Å². The van der Waals surface area contributed by atoms with Crippen molar-refractivity contribution in [1.82, 2.24) is 10.2 Å². The van der Waals surface area contributed by atoms with Crippen LogP contribution in [0.25, 0.3) is 5.57 Å². The van der Waals surface area contributed by atoms with Crippen molar-refractivity contribution in [2.75, 3.05) is 13.6 Å². The molecule has 0 unspecified atom stereocenters. The van der Waals surface area contributed by atoms with Crippen LogP contribution in [0.5, 0.6) is 0 Å². The number of nitrogens with zero attached hydrogens (tertiary/aromatic N) is 2. The summed E-state index contributed by atoms with van der Waals surface area (Å²) in [5, 5.41) is 3.49. The second-order valence-electron chi connectivity index (χ2n) is 6.45. The van der Waals surface area contributed by atoms with Crippen LogP contribution in [0.1, 0.15) is 24.5 Å². The van der Waals surface area contributed by atoms with Crippen LogP contribution in [0, 0.1) is 6.92 Å². The smallest absolute Gasteiger partial charge is 0.0986 e. The highest BCUT2D eigenvalue weighted by molar-refractivity contribution is 6.10. The average molecular weight is 293 g/mol. The molecule has 2 heterocycles. The lowest BCUT2D eigenvalue weighted by Crippen LogP contribution is -2.55. The number of benzene rings is 1. The molecule has 3 rings (SSSR count). The van der Waals surface area contributed by atoms with Gasteiger partial charge >= 0.3 is 0 Å². The van der Waals surface area contributed by atoms with Gasteiger partial charge in [0.25, 0.3) is 0 Å². The summed E-state index contributed by atoms with van der Waals surface area (Å²) in [6.45, 7) is 13.3. The lowest BCUT2D eigenvalue weighted by molar-refractivity contribution is 0.326. The predicted octanol–water partition coefficient (Wildman–Crippen LogP) is 3.50. The quantitative estimate of drug-likeness (QED) is 0.903. The molecule has 1 aromatic rings. The normalized spacial score (nSPS) is 25.0. The standard InChI is InChI=1S/C19H23N3/c1-13-7-6-8-16(9-13)17-10-18(20-12-17)19(4)11-14(2)22(5)15(3)21-19/h6-10,21H,2-3,11-12H2,1,4-5H3/t19-/m0/s1. The number of hydrogen-bond acceptors (Lipinski definition) is 3. The fourth-order valence-electron chi connectivity index (χ4n) is 3.10. The van der Waals surface area contributed by atoms with E-state index >= 15 is 0 Å². The van der Waals surface area contributed by atoms with E-state index in [9.17, 15) is 0 Å². The fraction of sp³-hybridized carbons (Fsp3) is 0.316. The number of nitrogens with one attached hydrogen (secondary N) is 1. The molecule has 1 aromatic carbocycles. The number of rotatable bonds is 2. The Morgan fingerprint density at radius 1 is 1.32 bits per heavy atom. The first-order chi connectivity index (χ1) is 10.4. The topological polar surface area (TPSA) is 27.6 Å². The van der Waals surface area contributed by atoms with Crippen LogP contribution in [-0.2, 0) is 0 Å². The maximum Gasteiger partial charge on any atom is 0.0986 e. The van der Waals surface area contributed by atoms with E-state index in [1.807, 2.05) is 11.9 Å². The highest BCUT2D eigenvalue weighted by atomic mass is 15.3. The zero-order valence-corrected chi connectivity index (χ0v) is 13.6. The summed E-state index contributed by atoms with van der Waals surface area (Å²) < 4.78 is 0. The van der Waals surface area contributed by atoms with Gasteiger partial charge in [0.15, 0.2) is 0 Å². The zero-order valence-electron chi connectivity index (χ0n) is 13.6. The van der Waals surface area contributed by atoms with Gasteiger partial charge in [-0.1, -0.05) is 43.0 Å². The van der Waals surface area contributed by atoms with E-state index < -0.39 is 0 Å². The summed E-state index contributed by atoms with van der Waals surface area (Å²) in [7, 11) is 1.99. The largest absolute Gasteiger partial charge is 0.361 e. The van der Waals surface area contributed by atoms with E-state index in [1.165, 1.54) is 16.7 Å². The van der Waals surface area contributed by atoms with E-state index in [0.29, 0.717) is 0 Å². The van der Waals surface area contributed by atoms with Gasteiger partial charge in [0.05, 0.1) is 23.6 Å². The van der Waals surface area contributed by atoms with Gasteiger partial charge in [-0.3, -0.25) is 4.99 Å². The summed E-state index contributed by atoms with van der Waals surface area (Å²) in [4.78, 5) is 6.78. The Bertz CT molecular complexity index is 691. The monoisotopic (exact) mass is 293 g/mol. The van der Waals surface area contributed by atoms with E-state index in [0.717, 1.165) is 30.2 Å². The van der Waals surface area contributed by atoms with Gasteiger partial charge in [-0.25, -0.2) is 0 Å². The summed E-state index contributed by atoms with van der Waals surface area (Å²) in [5.74, 6) is 0.874. The van der Waals surface area contributed by atoms with Gasteiger partial charge in [-0.05, 0) is 31.1 Å². The molecule has 0 radical (unpaired) electrons. The van der Waals surface area contributed by atoms with Crippen LogP contribution in [0.15, 0.2) is 60.0 Å². The lowest BCUT2D eigenvalue weighted by atomic mass is 9.87. The Kier molecular flexibility index (Phi) is 3.44. The number of aryl methyl sites for hydroxylation is 1. The molecule has 0 saturated carbocycles. The Morgan fingerprint density at radius 3 is 2.77 bits per heavy atom. The summed E-state index contributed by atoms with van der Waals surface area (Å²) in [6, 6.07) is 8.59. The van der Waals surface area contributed by atoms with Crippen LogP contribution in [0.4, 0.5) is 0 Å². The van der Waals surface area contributed by atoms with Crippen molar-refractivity contribution in [3.05, 3.63) is 66.1 Å². The van der Waals surface area contributed by atoms with Gasteiger partial charge < -0.3 is 10.2 Å². The molecular weight excluding hydrogens is 270 g/mol. The first-order valence-electron chi connectivity index (χ1n) is 7.60. The first kappa shape index (κ1) is 14.6. The molecule has 0 bridgehead atoms. The highest BCUT2D eigenvalue weighted by Gasteiger charge is 2.37. The number of hydrogen-bond donors (Lipinski definition) is 1. The molecule has 22 heavy (non-hydrogen) atoms. The van der Waals surface area contributed by atoms with Crippen LogP contribution in [-0.4, -0.2) is 29.7 Å². The third-order valence-electron chi connectivity index (χ3n) is 4.54. The van der Waals surface area contributed by atoms with Crippen LogP contribution < -0.4 is 5.32 Å². The molecule has 0 spiro atoms. The molecule has 0 aromatic heterocycles. The Balaban J connectivity index is 1.87. The molecule has 114 valence electrons. The molecule has 1 saturated heterocycles. The van der Waals surface area contributed by atoms with E-state index in [4.69, 9.17) is 4.99 Å². The Hall–Kier alpha value is -2.29. The molecule has 1 fully saturated rings. The van der Waals surface area contributed by atoms with Gasteiger partial charge in [0.2, 0.25) is 0 Å². The summed E-state index contributed by atoms with van der Waals surface area (Å²) in [5.41, 5.74) is 5.72. The lowest BCUT2D eigenvalue weighted by Gasteiger charge is -2.42. The van der Waals surface area contributed by atoms with Crippen molar-refractivity contribution in [1.29, 1.82) is 0 Å². The number of aliphatic imine (C=N–C) groups is 1. The van der Waals surface area contributed by atoms with Crippen LogP contribution >= 0.6 is 0 Å². The minimum Gasteiger partial charge on any atom is -0.361 e. The molecule has 2 aliphatic heterocycles. The SMILES string of the molecule is C=C1C[C@@](C)(C2=NCC(c3cccc(C)c3)=C2)NC(=C)N1C. The first-order valence-corrected chi connectivity index (χ1v) is 7.60. The molecule has 0 aliphatic carbocycles. The van der Waals surface area contributed by atoms with Crippen LogP contribution in [0.2, 0.25) is 0 Å². The third-order valence-corrected chi connectivity index (χ3v) is 4.54. The zero-order chi connectivity index (χ0) is 15.9. The second-order valence-corrected chi connectivity index (χ2v) is 6.45. The van der Waals surface area contributed by atoms with Crippen molar-refractivity contribution in [2.45, 2.75) is 25.8 Å². The minimum atomic E-state index is -0.230. The molecule has 0 amide bonds. The van der Waals surface area contributed by atoms with Gasteiger partial charge in [-0.15, -0.1) is 0 Å². The third kappa shape index (κ3) is 2.47. The summed E-state index contributed by atoms with van der Waals surface area (Å²) in [6.07, 6.45) is 3.05. The second kappa shape index (κ2) is 5.16. The molecule has 1 atom stereocenters. The van der Waals surface area contributed by atoms with Gasteiger partial charge in [-0.2, -0.15) is 0 Å². The van der Waals surface area contributed by atoms with E-state index in [-0.39, 0.29) is 5.54 Å². The van der Waals surface area contributed by atoms with Crippen molar-refractivity contribution >= 4 is 11.3 Å². The average Bonchev–Trinajstić information content (AvgIpc) is 2.95. The van der Waals surface area contributed by atoms with Crippen molar-refractivity contribution in [2.24, 2.45) is 4.99 Å². The maximum atomic E-state index is 4.77. The van der Waals surface area contributed by atoms with Crippen LogP contribution in [0.3, 0.4) is 0 Å². The Morgan fingerprint density at radius 2 is 2.09 bits per heavy atom. The fourth-order valence-corrected chi connectivity index (χ4v) is 3.10. The van der Waals surface area contributed by atoms with E-state index in [2.05, 4.69) is 62.7 Å².